The van der Waals surface area contributed by atoms with E-state index in [1.165, 1.54) is 7.05 Å². The van der Waals surface area contributed by atoms with Gasteiger partial charge in [-0.15, -0.1) is 10.2 Å². The Hall–Kier alpha value is -4.72. The third-order valence-corrected chi connectivity index (χ3v) is 7.64. The lowest BCUT2D eigenvalue weighted by atomic mass is 10.0. The van der Waals surface area contributed by atoms with Gasteiger partial charge in [-0.2, -0.15) is 0 Å². The van der Waals surface area contributed by atoms with Gasteiger partial charge in [0.05, 0.1) is 4.47 Å². The Labute approximate surface area is 234 Å². The molecule has 0 saturated carbocycles. The first-order chi connectivity index (χ1) is 19.3. The number of anilines is 1. The van der Waals surface area contributed by atoms with Gasteiger partial charge in [0.2, 0.25) is 12.2 Å². The highest BCUT2D eigenvalue weighted by Crippen LogP contribution is 2.42. The molecule has 4 heterocycles. The molecule has 0 spiro atoms. The molecule has 4 aromatic rings. The number of hydrogen-bond donors (Lipinski definition) is 2. The third-order valence-electron chi connectivity index (χ3n) is 6.86. The van der Waals surface area contributed by atoms with Crippen molar-refractivity contribution in [3.63, 3.8) is 0 Å². The summed E-state index contributed by atoms with van der Waals surface area (Å²) in [5.41, 5.74) is 3.19. The number of nitrogens with one attached hydrogen (secondary N) is 1. The van der Waals surface area contributed by atoms with Gasteiger partial charge in [0, 0.05) is 36.5 Å². The number of halogens is 1. The van der Waals surface area contributed by atoms with Crippen LogP contribution in [0.2, 0.25) is 0 Å². The Balaban J connectivity index is 1.40. The number of amides is 2. The summed E-state index contributed by atoms with van der Waals surface area (Å²) in [7, 11) is 1.41. The fraction of sp³-hybridized carbons (Fsp3) is 0.231. The number of likely N-dealkylation sites (N-methyl/N-ethyl adjacent to an activating group) is 1. The fourth-order valence-corrected chi connectivity index (χ4v) is 5.50. The summed E-state index contributed by atoms with van der Waals surface area (Å²) in [4.78, 5) is 43.1. The number of aromatic nitrogens is 2. The lowest BCUT2D eigenvalue weighted by molar-refractivity contribution is -0.142. The molecule has 0 fully saturated rings. The summed E-state index contributed by atoms with van der Waals surface area (Å²) in [6.07, 6.45) is -0.0632. The van der Waals surface area contributed by atoms with Crippen LogP contribution >= 0.6 is 15.9 Å². The number of carbonyl (C=O) groups excluding carboxylic acids is 2. The number of imidazole rings is 1. The van der Waals surface area contributed by atoms with Crippen molar-refractivity contribution in [2.45, 2.75) is 32.1 Å². The molecule has 2 aromatic heterocycles. The number of rotatable bonds is 6. The monoisotopic (exact) mass is 604 g/mol. The van der Waals surface area contributed by atoms with E-state index in [0.717, 1.165) is 31.4 Å². The zero-order chi connectivity index (χ0) is 28.1. The molecule has 13 nitrogen and oxygen atoms in total. The number of benzene rings is 2. The van der Waals surface area contributed by atoms with Gasteiger partial charge < -0.3 is 19.4 Å². The molecule has 0 saturated heterocycles. The summed E-state index contributed by atoms with van der Waals surface area (Å²) in [6.45, 7) is 2.14. The molecule has 14 heteroatoms. The van der Waals surface area contributed by atoms with Crippen molar-refractivity contribution in [1.82, 2.24) is 14.9 Å². The van der Waals surface area contributed by atoms with E-state index in [1.807, 2.05) is 49.4 Å². The van der Waals surface area contributed by atoms with E-state index in [2.05, 4.69) is 46.9 Å². The molecule has 2 aliphatic rings. The number of aliphatic carboxylic acids is 1. The average molecular weight is 605 g/mol. The van der Waals surface area contributed by atoms with E-state index < -0.39 is 30.0 Å². The van der Waals surface area contributed by atoms with E-state index >= 15 is 0 Å². The van der Waals surface area contributed by atoms with Gasteiger partial charge in [0.15, 0.2) is 11.5 Å². The number of fused-ring (bicyclic) bond motifs is 2. The van der Waals surface area contributed by atoms with Gasteiger partial charge in [-0.3, -0.25) is 14.5 Å². The molecular formula is C26H21BrN8O5. The van der Waals surface area contributed by atoms with Gasteiger partial charge in [0.1, 0.15) is 17.2 Å². The minimum atomic E-state index is -1.70. The van der Waals surface area contributed by atoms with E-state index in [0.29, 0.717) is 23.6 Å². The quantitative estimate of drug-likeness (QED) is 0.303. The van der Waals surface area contributed by atoms with Gasteiger partial charge >= 0.3 is 5.97 Å². The summed E-state index contributed by atoms with van der Waals surface area (Å²) in [5.74, 6) is -1.60. The molecule has 0 aliphatic carbocycles. The van der Waals surface area contributed by atoms with Gasteiger partial charge in [-0.25, -0.2) is 9.78 Å². The summed E-state index contributed by atoms with van der Waals surface area (Å²) < 4.78 is 8.67. The van der Waals surface area contributed by atoms with Crippen molar-refractivity contribution in [1.29, 1.82) is 0 Å². The number of furan rings is 1. The summed E-state index contributed by atoms with van der Waals surface area (Å²) in [6, 6.07) is 11.6. The Bertz CT molecular complexity index is 1760. The molecule has 0 bridgehead atoms. The molecule has 1 atom stereocenters. The Morgan fingerprint density at radius 1 is 1.15 bits per heavy atom. The van der Waals surface area contributed by atoms with Gasteiger partial charge in [0.25, 0.3) is 11.8 Å². The summed E-state index contributed by atoms with van der Waals surface area (Å²) in [5, 5.41) is 27.9. The molecule has 40 heavy (non-hydrogen) atoms. The van der Waals surface area contributed by atoms with E-state index in [9.17, 15) is 19.5 Å². The van der Waals surface area contributed by atoms with Crippen molar-refractivity contribution in [3.05, 3.63) is 69.6 Å². The van der Waals surface area contributed by atoms with Crippen LogP contribution < -0.4 is 10.2 Å². The molecule has 2 aromatic carbocycles. The highest BCUT2D eigenvalue weighted by molar-refractivity contribution is 9.10. The Kier molecular flexibility index (Phi) is 6.25. The molecule has 2 amide bonds. The van der Waals surface area contributed by atoms with Crippen molar-refractivity contribution in [2.24, 2.45) is 20.7 Å². The number of carbonyl (C=O) groups is 3. The Morgan fingerprint density at radius 3 is 2.62 bits per heavy atom. The number of aryl methyl sites for hydroxylation is 1. The molecule has 2 aliphatic heterocycles. The van der Waals surface area contributed by atoms with Crippen LogP contribution in [0.1, 0.15) is 40.5 Å². The van der Waals surface area contributed by atoms with Crippen molar-refractivity contribution >= 4 is 50.5 Å². The minimum Gasteiger partial charge on any atom is -0.479 e. The standard InChI is InChI=1S/C26H21BrN8O5/c1-3-17-28-23-20(24(36)29-19(26(38)39)25(37)34(23)2)35(17)11-12-8-9-16-15(10-12)18(27)21(40-16)13-6-4-5-7-14(13)22-30-32-33-31-22/h4-10,19,22H,3,11H2,1-2H3,(H,29,36)(H,38,39). The zero-order valence-electron chi connectivity index (χ0n) is 21.2. The zero-order valence-corrected chi connectivity index (χ0v) is 22.8. The first-order valence-electron chi connectivity index (χ1n) is 12.3. The first-order valence-corrected chi connectivity index (χ1v) is 13.1. The van der Waals surface area contributed by atoms with Gasteiger partial charge in [-0.1, -0.05) is 37.3 Å². The fourth-order valence-electron chi connectivity index (χ4n) is 4.90. The lowest BCUT2D eigenvalue weighted by Crippen LogP contribution is -2.49. The van der Waals surface area contributed by atoms with Crippen molar-refractivity contribution in [3.8, 4) is 11.3 Å². The molecular weight excluding hydrogens is 584 g/mol. The topological polar surface area (TPSA) is 167 Å². The number of carboxylic acid groups (broad SMARTS) is 1. The van der Waals surface area contributed by atoms with Crippen LogP contribution in [0.25, 0.3) is 22.3 Å². The third kappa shape index (κ3) is 4.07. The SMILES string of the molecule is CCc1nc2c(n1Cc1ccc3oc(-c4ccccc4C4N=NN=N4)c(Br)c3c1)C(=O)NC(C(=O)O)C(=O)N2C. The van der Waals surface area contributed by atoms with Crippen molar-refractivity contribution < 1.29 is 23.9 Å². The predicted octanol–water partition coefficient (Wildman–Crippen LogP) is 4.66. The molecule has 2 N–H and O–H groups in total. The highest BCUT2D eigenvalue weighted by atomic mass is 79.9. The van der Waals surface area contributed by atoms with Crippen LogP contribution in [0.5, 0.6) is 0 Å². The summed E-state index contributed by atoms with van der Waals surface area (Å²) >= 11 is 3.70. The van der Waals surface area contributed by atoms with Crippen LogP contribution in [-0.2, 0) is 22.6 Å². The molecule has 1 unspecified atom stereocenters. The smallest absolute Gasteiger partial charge is 0.336 e. The minimum absolute atomic E-state index is 0.119. The maximum atomic E-state index is 13.2. The van der Waals surface area contributed by atoms with Gasteiger partial charge in [-0.05, 0) is 44.1 Å². The predicted molar refractivity (Wildman–Crippen MR) is 145 cm³/mol. The van der Waals surface area contributed by atoms with Crippen LogP contribution in [0.4, 0.5) is 5.82 Å². The number of nitrogens with zero attached hydrogens (tertiary/aromatic N) is 7. The van der Waals surface area contributed by atoms with E-state index in [1.54, 1.807) is 4.57 Å². The molecule has 202 valence electrons. The van der Waals surface area contributed by atoms with E-state index in [4.69, 9.17) is 4.42 Å². The maximum absolute atomic E-state index is 13.2. The highest BCUT2D eigenvalue weighted by Gasteiger charge is 2.40. The Morgan fingerprint density at radius 2 is 1.90 bits per heavy atom. The maximum Gasteiger partial charge on any atom is 0.336 e. The number of hydrogen-bond acceptors (Lipinski definition) is 9. The average Bonchev–Trinajstić information content (AvgIpc) is 3.67. The first kappa shape index (κ1) is 25.6. The second-order valence-electron chi connectivity index (χ2n) is 9.23. The number of carboxylic acids is 1. The largest absolute Gasteiger partial charge is 0.479 e. The second-order valence-corrected chi connectivity index (χ2v) is 10.0. The van der Waals surface area contributed by atoms with Crippen LogP contribution in [0.15, 0.2) is 72.0 Å². The molecule has 0 radical (unpaired) electrons. The normalized spacial score (nSPS) is 17.0. The lowest BCUT2D eigenvalue weighted by Gasteiger charge is -2.16. The molecule has 6 rings (SSSR count). The van der Waals surface area contributed by atoms with Crippen molar-refractivity contribution in [2.75, 3.05) is 11.9 Å². The second kappa shape index (κ2) is 9.79. The van der Waals surface area contributed by atoms with Crippen LogP contribution in [0, 0.1) is 0 Å². The van der Waals surface area contributed by atoms with E-state index in [-0.39, 0.29) is 18.1 Å². The van der Waals surface area contributed by atoms with Crippen LogP contribution in [-0.4, -0.2) is 45.5 Å². The van der Waals surface area contributed by atoms with Crippen LogP contribution in [0.3, 0.4) is 0 Å².